The van der Waals surface area contributed by atoms with Crippen LogP contribution in [0.4, 0.5) is 5.69 Å². The molecule has 32 heavy (non-hydrogen) atoms. The van der Waals surface area contributed by atoms with Gasteiger partial charge in [-0.05, 0) is 36.8 Å². The van der Waals surface area contributed by atoms with Gasteiger partial charge in [-0.2, -0.15) is 4.31 Å². The van der Waals surface area contributed by atoms with E-state index in [1.165, 1.54) is 9.18 Å². The van der Waals surface area contributed by atoms with Gasteiger partial charge in [0.15, 0.2) is 0 Å². The quantitative estimate of drug-likeness (QED) is 0.573. The molecule has 7 nitrogen and oxygen atoms in total. The van der Waals surface area contributed by atoms with Crippen LogP contribution in [0.5, 0.6) is 0 Å². The van der Waals surface area contributed by atoms with Gasteiger partial charge in [-0.15, -0.1) is 11.3 Å². The third kappa shape index (κ3) is 6.30. The minimum absolute atomic E-state index is 0.135. The van der Waals surface area contributed by atoms with E-state index in [-0.39, 0.29) is 17.3 Å². The van der Waals surface area contributed by atoms with Gasteiger partial charge in [0.1, 0.15) is 0 Å². The molecule has 1 aromatic heterocycles. The fourth-order valence-corrected chi connectivity index (χ4v) is 6.38. The van der Waals surface area contributed by atoms with Gasteiger partial charge >= 0.3 is 0 Å². The monoisotopic (exact) mass is 498 g/mol. The average molecular weight is 499 g/mol. The van der Waals surface area contributed by atoms with Gasteiger partial charge in [0.2, 0.25) is 15.9 Å². The molecule has 0 aliphatic carbocycles. The van der Waals surface area contributed by atoms with E-state index >= 15 is 0 Å². The number of hydrogen-bond donors (Lipinski definition) is 1. The van der Waals surface area contributed by atoms with Crippen LogP contribution in [0.2, 0.25) is 4.34 Å². The van der Waals surface area contributed by atoms with Crippen molar-refractivity contribution in [2.75, 3.05) is 51.1 Å². The summed E-state index contributed by atoms with van der Waals surface area (Å²) in [4.78, 5) is 18.6. The van der Waals surface area contributed by atoms with E-state index in [2.05, 4.69) is 21.2 Å². The van der Waals surface area contributed by atoms with Crippen molar-refractivity contribution in [2.45, 2.75) is 32.2 Å². The normalized spacial score (nSPS) is 15.9. The highest BCUT2D eigenvalue weighted by Gasteiger charge is 2.23. The molecule has 3 rings (SSSR count). The van der Waals surface area contributed by atoms with Crippen molar-refractivity contribution in [3.63, 3.8) is 0 Å². The molecule has 0 unspecified atom stereocenters. The van der Waals surface area contributed by atoms with Crippen molar-refractivity contribution >= 4 is 44.6 Å². The Morgan fingerprint density at radius 3 is 2.34 bits per heavy atom. The zero-order valence-electron chi connectivity index (χ0n) is 18.8. The van der Waals surface area contributed by atoms with Crippen LogP contribution < -0.4 is 5.32 Å². The first-order valence-corrected chi connectivity index (χ1v) is 13.5. The van der Waals surface area contributed by atoms with Crippen LogP contribution in [0, 0.1) is 6.92 Å². The highest BCUT2D eigenvalue weighted by Crippen LogP contribution is 2.24. The topological polar surface area (TPSA) is 73.0 Å². The average Bonchev–Trinajstić information content (AvgIpc) is 3.16. The second kappa shape index (κ2) is 11.1. The van der Waals surface area contributed by atoms with Crippen molar-refractivity contribution in [2.24, 2.45) is 0 Å². The van der Waals surface area contributed by atoms with Crippen LogP contribution in [0.3, 0.4) is 0 Å². The van der Waals surface area contributed by atoms with E-state index in [4.69, 9.17) is 11.6 Å². The number of halogens is 1. The standard InChI is InChI=1S/C22H31ClN4O3S2/c1-4-27(5-2)32(29,30)19-8-6-17(3)20(14-19)24-22(28)16-26-12-10-25(11-13-26)15-18-7-9-21(23)31-18/h6-9,14H,4-5,10-13,15-16H2,1-3H3,(H,24,28). The van der Waals surface area contributed by atoms with Crippen LogP contribution in [0.1, 0.15) is 24.3 Å². The molecule has 1 aromatic carbocycles. The molecular weight excluding hydrogens is 468 g/mol. The van der Waals surface area contributed by atoms with Gasteiger partial charge in [-0.3, -0.25) is 14.6 Å². The molecule has 2 aromatic rings. The van der Waals surface area contributed by atoms with Gasteiger partial charge < -0.3 is 5.32 Å². The Bertz CT molecular complexity index is 1030. The number of carbonyl (C=O) groups excluding carboxylic acids is 1. The number of nitrogens with zero attached hydrogens (tertiary/aromatic N) is 3. The molecule has 0 radical (unpaired) electrons. The summed E-state index contributed by atoms with van der Waals surface area (Å²) in [6, 6.07) is 8.88. The predicted octanol–water partition coefficient (Wildman–Crippen LogP) is 3.50. The summed E-state index contributed by atoms with van der Waals surface area (Å²) in [5.41, 5.74) is 1.37. The van der Waals surface area contributed by atoms with Gasteiger partial charge in [-0.1, -0.05) is 31.5 Å². The number of rotatable bonds is 9. The molecule has 2 heterocycles. The highest BCUT2D eigenvalue weighted by molar-refractivity contribution is 7.89. The summed E-state index contributed by atoms with van der Waals surface area (Å²) in [5.74, 6) is -0.135. The van der Waals surface area contributed by atoms with Crippen LogP contribution in [0.25, 0.3) is 0 Å². The number of carbonyl (C=O) groups is 1. The van der Waals surface area contributed by atoms with Crippen LogP contribution in [0.15, 0.2) is 35.2 Å². The summed E-state index contributed by atoms with van der Waals surface area (Å²) < 4.78 is 27.8. The molecule has 0 bridgehead atoms. The van der Waals surface area contributed by atoms with Gasteiger partial charge in [-0.25, -0.2) is 8.42 Å². The summed E-state index contributed by atoms with van der Waals surface area (Å²) in [6.45, 7) is 10.8. The largest absolute Gasteiger partial charge is 0.325 e. The number of hydrogen-bond acceptors (Lipinski definition) is 6. The second-order valence-electron chi connectivity index (χ2n) is 7.87. The number of sulfonamides is 1. The lowest BCUT2D eigenvalue weighted by Crippen LogP contribution is -2.48. The van der Waals surface area contributed by atoms with Crippen molar-refractivity contribution in [3.05, 3.63) is 45.1 Å². The van der Waals surface area contributed by atoms with Gasteiger partial charge in [0, 0.05) is 56.4 Å². The number of benzene rings is 1. The minimum atomic E-state index is -3.58. The van der Waals surface area contributed by atoms with Crippen molar-refractivity contribution in [3.8, 4) is 0 Å². The summed E-state index contributed by atoms with van der Waals surface area (Å²) >= 11 is 7.62. The number of aryl methyl sites for hydroxylation is 1. The Hall–Kier alpha value is -1.49. The summed E-state index contributed by atoms with van der Waals surface area (Å²) in [6.07, 6.45) is 0. The molecule has 1 N–H and O–H groups in total. The molecule has 10 heteroatoms. The number of thiophene rings is 1. The molecule has 1 aliphatic heterocycles. The van der Waals surface area contributed by atoms with E-state index in [0.29, 0.717) is 18.8 Å². The Balaban J connectivity index is 1.56. The molecule has 0 spiro atoms. The van der Waals surface area contributed by atoms with Crippen LogP contribution >= 0.6 is 22.9 Å². The van der Waals surface area contributed by atoms with Crippen molar-refractivity contribution in [1.82, 2.24) is 14.1 Å². The first-order chi connectivity index (χ1) is 15.2. The lowest BCUT2D eigenvalue weighted by Gasteiger charge is -2.34. The maximum absolute atomic E-state index is 12.8. The molecule has 176 valence electrons. The number of nitrogens with one attached hydrogen (secondary N) is 1. The lowest BCUT2D eigenvalue weighted by molar-refractivity contribution is -0.117. The first kappa shape index (κ1) is 25.1. The van der Waals surface area contributed by atoms with Gasteiger partial charge in [0.25, 0.3) is 0 Å². The lowest BCUT2D eigenvalue weighted by atomic mass is 10.2. The second-order valence-corrected chi connectivity index (χ2v) is 11.6. The fraction of sp³-hybridized carbons (Fsp3) is 0.500. The van der Waals surface area contributed by atoms with E-state index in [9.17, 15) is 13.2 Å². The first-order valence-electron chi connectivity index (χ1n) is 10.8. The fourth-order valence-electron chi connectivity index (χ4n) is 3.76. The van der Waals surface area contributed by atoms with E-state index in [1.54, 1.807) is 29.5 Å². The van der Waals surface area contributed by atoms with Crippen LogP contribution in [-0.4, -0.2) is 74.2 Å². The minimum Gasteiger partial charge on any atom is -0.325 e. The smallest absolute Gasteiger partial charge is 0.243 e. The molecule has 0 atom stereocenters. The Morgan fingerprint density at radius 1 is 1.09 bits per heavy atom. The molecular formula is C22H31ClN4O3S2. The molecule has 1 aliphatic rings. The van der Waals surface area contributed by atoms with Crippen molar-refractivity contribution < 1.29 is 13.2 Å². The molecule has 1 fully saturated rings. The summed E-state index contributed by atoms with van der Waals surface area (Å²) in [5, 5.41) is 2.91. The summed E-state index contributed by atoms with van der Waals surface area (Å²) in [7, 11) is -3.58. The maximum atomic E-state index is 12.8. The number of piperazine rings is 1. The Morgan fingerprint density at radius 2 is 1.75 bits per heavy atom. The molecule has 0 saturated carbocycles. The van der Waals surface area contributed by atoms with E-state index in [1.807, 2.05) is 26.8 Å². The Labute approximate surface area is 200 Å². The molecule has 1 saturated heterocycles. The van der Waals surface area contributed by atoms with Crippen molar-refractivity contribution in [1.29, 1.82) is 0 Å². The predicted molar refractivity (Wildman–Crippen MR) is 131 cm³/mol. The SMILES string of the molecule is CCN(CC)S(=O)(=O)c1ccc(C)c(NC(=O)CN2CCN(Cc3ccc(Cl)s3)CC2)c1. The zero-order valence-corrected chi connectivity index (χ0v) is 21.2. The third-order valence-electron chi connectivity index (χ3n) is 5.67. The van der Waals surface area contributed by atoms with E-state index in [0.717, 1.165) is 42.6 Å². The van der Waals surface area contributed by atoms with Crippen LogP contribution in [-0.2, 0) is 21.4 Å². The zero-order chi connectivity index (χ0) is 23.3. The number of anilines is 1. The number of amides is 1. The third-order valence-corrected chi connectivity index (χ3v) is 8.93. The highest BCUT2D eigenvalue weighted by atomic mass is 35.5. The van der Waals surface area contributed by atoms with Gasteiger partial charge in [0.05, 0.1) is 15.8 Å². The molecule has 1 amide bonds. The maximum Gasteiger partial charge on any atom is 0.243 e. The van der Waals surface area contributed by atoms with E-state index < -0.39 is 10.0 Å². The Kier molecular flexibility index (Phi) is 8.71.